The minimum absolute atomic E-state index is 0.107. The number of benzene rings is 1. The first kappa shape index (κ1) is 20.1. The van der Waals surface area contributed by atoms with Crippen LogP contribution in [0.3, 0.4) is 0 Å². The molecule has 0 radical (unpaired) electrons. The Bertz CT molecular complexity index is 851. The van der Waals surface area contributed by atoms with Crippen LogP contribution in [0, 0.1) is 5.92 Å². The zero-order valence-corrected chi connectivity index (χ0v) is 15.9. The van der Waals surface area contributed by atoms with Crippen LogP contribution in [-0.2, 0) is 19.6 Å². The second-order valence-corrected chi connectivity index (χ2v) is 8.69. The fourth-order valence-electron chi connectivity index (χ4n) is 2.34. The Balaban J connectivity index is 2.15. The molecule has 3 unspecified atom stereocenters. The molecule has 1 amide bonds. The number of rotatable bonds is 8. The van der Waals surface area contributed by atoms with Crippen LogP contribution in [0.1, 0.15) is 25.5 Å². The molecular weight excluding hydrogens is 376 g/mol. The fourth-order valence-corrected chi connectivity index (χ4v) is 4.55. The Kier molecular flexibility index (Phi) is 6.52. The molecule has 1 aromatic heterocycles. The highest BCUT2D eigenvalue weighted by atomic mass is 32.2. The molecule has 0 aliphatic carbocycles. The van der Waals surface area contributed by atoms with Crippen molar-refractivity contribution in [1.29, 1.82) is 0 Å². The van der Waals surface area contributed by atoms with Crippen LogP contribution >= 0.6 is 11.3 Å². The lowest BCUT2D eigenvalue weighted by atomic mass is 9.94. The van der Waals surface area contributed by atoms with Crippen LogP contribution < -0.4 is 10.0 Å². The Hall–Kier alpha value is -2.23. The number of carboxylic acids is 1. The van der Waals surface area contributed by atoms with Gasteiger partial charge in [0.2, 0.25) is 5.91 Å². The highest BCUT2D eigenvalue weighted by molar-refractivity contribution is 7.91. The van der Waals surface area contributed by atoms with Crippen molar-refractivity contribution in [1.82, 2.24) is 10.0 Å². The molecule has 2 rings (SSSR count). The van der Waals surface area contributed by atoms with Crippen LogP contribution in [0.25, 0.3) is 0 Å². The zero-order chi connectivity index (χ0) is 19.3. The van der Waals surface area contributed by atoms with Gasteiger partial charge in [-0.3, -0.25) is 9.59 Å². The molecular formula is C17H20N2O5S2. The lowest BCUT2D eigenvalue weighted by Crippen LogP contribution is -2.47. The largest absolute Gasteiger partial charge is 0.481 e. The van der Waals surface area contributed by atoms with E-state index in [-0.39, 0.29) is 4.21 Å². The molecule has 0 bridgehead atoms. The maximum atomic E-state index is 12.5. The highest BCUT2D eigenvalue weighted by Crippen LogP contribution is 2.22. The number of hydrogen-bond acceptors (Lipinski definition) is 5. The summed E-state index contributed by atoms with van der Waals surface area (Å²) in [6, 6.07) is 9.89. The van der Waals surface area contributed by atoms with E-state index in [1.54, 1.807) is 41.8 Å². The predicted octanol–water partition coefficient (Wildman–Crippen LogP) is 1.99. The van der Waals surface area contributed by atoms with Gasteiger partial charge in [0, 0.05) is 0 Å². The van der Waals surface area contributed by atoms with E-state index in [1.807, 2.05) is 0 Å². The summed E-state index contributed by atoms with van der Waals surface area (Å²) in [5, 5.41) is 13.6. The third-order valence-electron chi connectivity index (χ3n) is 3.83. The topological polar surface area (TPSA) is 113 Å². The molecule has 140 valence electrons. The van der Waals surface area contributed by atoms with Gasteiger partial charge in [-0.25, -0.2) is 8.42 Å². The molecule has 0 spiro atoms. The van der Waals surface area contributed by atoms with E-state index in [1.165, 1.54) is 19.9 Å². The lowest BCUT2D eigenvalue weighted by Gasteiger charge is -2.25. The first-order valence-electron chi connectivity index (χ1n) is 7.86. The number of carbonyl (C=O) groups excluding carboxylic acids is 1. The van der Waals surface area contributed by atoms with E-state index in [4.69, 9.17) is 0 Å². The SMILES string of the molecule is CC(NS(=O)(=O)c1cccs1)C(=O)NC(c1ccccc1)C(C)C(=O)O. The Labute approximate surface area is 156 Å². The summed E-state index contributed by atoms with van der Waals surface area (Å²) in [5.74, 6) is -2.56. The minimum Gasteiger partial charge on any atom is -0.481 e. The van der Waals surface area contributed by atoms with Gasteiger partial charge in [-0.2, -0.15) is 4.72 Å². The molecule has 1 aromatic carbocycles. The van der Waals surface area contributed by atoms with Crippen LogP contribution in [-0.4, -0.2) is 31.4 Å². The molecule has 3 atom stereocenters. The molecule has 0 aliphatic heterocycles. The normalized spacial score (nSPS) is 15.0. The van der Waals surface area contributed by atoms with Gasteiger partial charge in [-0.15, -0.1) is 11.3 Å². The van der Waals surface area contributed by atoms with Crippen molar-refractivity contribution in [2.75, 3.05) is 0 Å². The van der Waals surface area contributed by atoms with Gasteiger partial charge in [-0.1, -0.05) is 36.4 Å². The summed E-state index contributed by atoms with van der Waals surface area (Å²) >= 11 is 1.04. The molecule has 26 heavy (non-hydrogen) atoms. The molecule has 0 aliphatic rings. The van der Waals surface area contributed by atoms with E-state index in [0.717, 1.165) is 11.3 Å². The monoisotopic (exact) mass is 396 g/mol. The average molecular weight is 396 g/mol. The first-order valence-corrected chi connectivity index (χ1v) is 10.2. The van der Waals surface area contributed by atoms with E-state index in [9.17, 15) is 23.1 Å². The summed E-state index contributed by atoms with van der Waals surface area (Å²) in [4.78, 5) is 23.9. The number of nitrogens with one attached hydrogen (secondary N) is 2. The molecule has 2 aromatic rings. The van der Waals surface area contributed by atoms with E-state index >= 15 is 0 Å². The van der Waals surface area contributed by atoms with Gasteiger partial charge < -0.3 is 10.4 Å². The third kappa shape index (κ3) is 4.90. The third-order valence-corrected chi connectivity index (χ3v) is 6.77. The minimum atomic E-state index is -3.81. The van der Waals surface area contributed by atoms with Crippen LogP contribution in [0.5, 0.6) is 0 Å². The lowest BCUT2D eigenvalue weighted by molar-refractivity contribution is -0.142. The zero-order valence-electron chi connectivity index (χ0n) is 14.2. The first-order chi connectivity index (χ1) is 12.2. The van der Waals surface area contributed by atoms with Gasteiger partial charge in [0.15, 0.2) is 0 Å². The summed E-state index contributed by atoms with van der Waals surface area (Å²) < 4.78 is 26.9. The molecule has 0 fully saturated rings. The standard InChI is InChI=1S/C17H20N2O5S2/c1-11(17(21)22)15(13-7-4-3-5-8-13)18-16(20)12(2)19-26(23,24)14-9-6-10-25-14/h3-12,15,19H,1-2H3,(H,18,20)(H,21,22). The summed E-state index contributed by atoms with van der Waals surface area (Å²) in [6.07, 6.45) is 0. The summed E-state index contributed by atoms with van der Waals surface area (Å²) in [7, 11) is -3.81. The number of thiophene rings is 1. The van der Waals surface area contributed by atoms with Crippen molar-refractivity contribution < 1.29 is 23.1 Å². The molecule has 1 heterocycles. The quantitative estimate of drug-likeness (QED) is 0.632. The van der Waals surface area contributed by atoms with Crippen molar-refractivity contribution in [3.63, 3.8) is 0 Å². The van der Waals surface area contributed by atoms with Crippen molar-refractivity contribution in [3.05, 3.63) is 53.4 Å². The van der Waals surface area contributed by atoms with E-state index in [0.29, 0.717) is 5.56 Å². The number of sulfonamides is 1. The van der Waals surface area contributed by atoms with Crippen molar-refractivity contribution in [3.8, 4) is 0 Å². The van der Waals surface area contributed by atoms with Gasteiger partial charge in [0.1, 0.15) is 4.21 Å². The van der Waals surface area contributed by atoms with Gasteiger partial charge >= 0.3 is 5.97 Å². The Morgan fingerprint density at radius 1 is 1.08 bits per heavy atom. The Morgan fingerprint density at radius 3 is 2.27 bits per heavy atom. The summed E-state index contributed by atoms with van der Waals surface area (Å²) in [6.45, 7) is 2.90. The second-order valence-electron chi connectivity index (χ2n) is 5.80. The number of amides is 1. The predicted molar refractivity (Wildman–Crippen MR) is 98.2 cm³/mol. The number of hydrogen-bond donors (Lipinski definition) is 3. The number of carboxylic acid groups (broad SMARTS) is 1. The second kappa shape index (κ2) is 8.43. The van der Waals surface area contributed by atoms with Crippen molar-refractivity contribution in [2.24, 2.45) is 5.92 Å². The number of aliphatic carboxylic acids is 1. The summed E-state index contributed by atoms with van der Waals surface area (Å²) in [5.41, 5.74) is 0.629. The number of carbonyl (C=O) groups is 2. The molecule has 0 saturated heterocycles. The van der Waals surface area contributed by atoms with Crippen LogP contribution in [0.4, 0.5) is 0 Å². The average Bonchev–Trinajstić information content (AvgIpc) is 3.14. The van der Waals surface area contributed by atoms with Crippen LogP contribution in [0.15, 0.2) is 52.1 Å². The molecule has 3 N–H and O–H groups in total. The molecule has 9 heteroatoms. The van der Waals surface area contributed by atoms with E-state index < -0.39 is 39.9 Å². The highest BCUT2D eigenvalue weighted by Gasteiger charge is 2.30. The van der Waals surface area contributed by atoms with Gasteiger partial charge in [0.05, 0.1) is 18.0 Å². The van der Waals surface area contributed by atoms with Crippen molar-refractivity contribution in [2.45, 2.75) is 30.1 Å². The van der Waals surface area contributed by atoms with Gasteiger partial charge in [-0.05, 0) is 30.9 Å². The maximum absolute atomic E-state index is 12.5. The van der Waals surface area contributed by atoms with Crippen LogP contribution in [0.2, 0.25) is 0 Å². The van der Waals surface area contributed by atoms with E-state index in [2.05, 4.69) is 10.0 Å². The molecule has 7 nitrogen and oxygen atoms in total. The fraction of sp³-hybridized carbons (Fsp3) is 0.294. The van der Waals surface area contributed by atoms with Gasteiger partial charge in [0.25, 0.3) is 10.0 Å². The Morgan fingerprint density at radius 2 is 1.73 bits per heavy atom. The maximum Gasteiger partial charge on any atom is 0.308 e. The van der Waals surface area contributed by atoms with Crippen molar-refractivity contribution >= 4 is 33.2 Å². The molecule has 0 saturated carbocycles. The smallest absolute Gasteiger partial charge is 0.308 e.